The molecule has 0 atom stereocenters. The maximum absolute atomic E-state index is 3.36. The van der Waals surface area contributed by atoms with Crippen LogP contribution in [0.1, 0.15) is 53.4 Å². The van der Waals surface area contributed by atoms with Crippen molar-refractivity contribution in [1.82, 2.24) is 0 Å². The smallest absolute Gasteiger partial charge is 0.0473 e. The number of hydrogen-bond donors (Lipinski definition) is 0. The highest BCUT2D eigenvalue weighted by atomic mass is 14.0. The van der Waals surface area contributed by atoms with Gasteiger partial charge in [-0.3, -0.25) is 0 Å². The lowest BCUT2D eigenvalue weighted by Gasteiger charge is -2.05. The second-order valence-electron chi connectivity index (χ2n) is 2.23. The van der Waals surface area contributed by atoms with Gasteiger partial charge in [0.25, 0.3) is 0 Å². The summed E-state index contributed by atoms with van der Waals surface area (Å²) in [5.74, 6) is 0. The number of rotatable bonds is 0. The minimum absolute atomic E-state index is 1.50. The fraction of sp³-hybridized carbons (Fsp3) is 0.667. The first-order valence-corrected chi connectivity index (χ1v) is 4.97. The Bertz CT molecular complexity index is 48.4. The van der Waals surface area contributed by atoms with Crippen molar-refractivity contribution in [3.8, 4) is 0 Å². The molecule has 1 rings (SSSR count). The summed E-state index contributed by atoms with van der Waals surface area (Å²) in [6.07, 6.45) is 9.50. The average molecular weight is 170 g/mol. The third-order valence-corrected chi connectivity index (χ3v) is 1.000. The average Bonchev–Trinajstić information content (AvgIpc) is 1.90. The van der Waals surface area contributed by atoms with E-state index in [9.17, 15) is 0 Å². The van der Waals surface area contributed by atoms with Gasteiger partial charge in [0.15, 0.2) is 0 Å². The molecule has 0 unspecified atom stereocenters. The standard InChI is InChI=1S/C4H8.2C3H6.C2H6/c1-2-4-3-1;2*1-3-2;1-2/h1-4H2;2*3H,1H2,2H3;1-2H3. The van der Waals surface area contributed by atoms with E-state index in [0.717, 1.165) is 0 Å². The SMILES string of the molecule is C1CCC1.C=CC.C=CC.CC. The van der Waals surface area contributed by atoms with Crippen LogP contribution in [0.4, 0.5) is 0 Å². The zero-order valence-corrected chi connectivity index (χ0v) is 9.40. The molecule has 74 valence electrons. The predicted octanol–water partition coefficient (Wildman–Crippen LogP) is 4.97. The predicted molar refractivity (Wildman–Crippen MR) is 61.6 cm³/mol. The molecule has 0 spiro atoms. The summed E-state index contributed by atoms with van der Waals surface area (Å²) in [5, 5.41) is 0. The number of hydrogen-bond acceptors (Lipinski definition) is 0. The van der Waals surface area contributed by atoms with Gasteiger partial charge in [0.05, 0.1) is 0 Å². The van der Waals surface area contributed by atoms with E-state index < -0.39 is 0 Å². The lowest BCUT2D eigenvalue weighted by Crippen LogP contribution is -1.85. The highest BCUT2D eigenvalue weighted by molar-refractivity contribution is 4.52. The van der Waals surface area contributed by atoms with Gasteiger partial charge in [-0.1, -0.05) is 51.7 Å². The van der Waals surface area contributed by atoms with E-state index in [-0.39, 0.29) is 0 Å². The lowest BCUT2D eigenvalue weighted by atomic mass is 10.0. The van der Waals surface area contributed by atoms with Gasteiger partial charge >= 0.3 is 0 Å². The summed E-state index contributed by atoms with van der Waals surface area (Å²) < 4.78 is 0. The molecule has 0 bridgehead atoms. The zero-order chi connectivity index (χ0) is 10.2. The monoisotopic (exact) mass is 170 g/mol. The van der Waals surface area contributed by atoms with Crippen LogP contribution in [0.2, 0.25) is 0 Å². The fourth-order valence-corrected chi connectivity index (χ4v) is 0.250. The molecule has 0 N–H and O–H groups in total. The van der Waals surface area contributed by atoms with Crippen molar-refractivity contribution < 1.29 is 0 Å². The van der Waals surface area contributed by atoms with Crippen molar-refractivity contribution in [2.75, 3.05) is 0 Å². The normalized spacial score (nSPS) is 10.7. The van der Waals surface area contributed by atoms with Crippen LogP contribution in [0, 0.1) is 0 Å². The largest absolute Gasteiger partial charge is 0.103 e. The second-order valence-corrected chi connectivity index (χ2v) is 2.23. The molecule has 0 heterocycles. The van der Waals surface area contributed by atoms with E-state index in [1.165, 1.54) is 25.7 Å². The summed E-state index contributed by atoms with van der Waals surface area (Å²) in [7, 11) is 0. The zero-order valence-electron chi connectivity index (χ0n) is 9.40. The number of allylic oxidation sites excluding steroid dienone is 2. The molecule has 0 nitrogen and oxygen atoms in total. The summed E-state index contributed by atoms with van der Waals surface area (Å²) in [6.45, 7) is 14.5. The van der Waals surface area contributed by atoms with E-state index in [2.05, 4.69) is 13.2 Å². The molecule has 0 aromatic rings. The van der Waals surface area contributed by atoms with Crippen molar-refractivity contribution in [2.24, 2.45) is 0 Å². The third-order valence-electron chi connectivity index (χ3n) is 1.000. The van der Waals surface area contributed by atoms with E-state index in [1.54, 1.807) is 12.2 Å². The Kier molecular flexibility index (Phi) is 45.8. The molecule has 0 aromatic heterocycles. The Hall–Kier alpha value is -0.520. The maximum Gasteiger partial charge on any atom is -0.0473 e. The van der Waals surface area contributed by atoms with Crippen LogP contribution >= 0.6 is 0 Å². The first-order valence-electron chi connectivity index (χ1n) is 4.97. The summed E-state index contributed by atoms with van der Waals surface area (Å²) in [4.78, 5) is 0. The molecule has 1 aliphatic carbocycles. The van der Waals surface area contributed by atoms with E-state index >= 15 is 0 Å². The van der Waals surface area contributed by atoms with Gasteiger partial charge in [-0.05, 0) is 13.8 Å². The van der Waals surface area contributed by atoms with Gasteiger partial charge in [-0.15, -0.1) is 13.2 Å². The van der Waals surface area contributed by atoms with E-state index in [4.69, 9.17) is 0 Å². The van der Waals surface area contributed by atoms with Gasteiger partial charge < -0.3 is 0 Å². The lowest BCUT2D eigenvalue weighted by molar-refractivity contribution is 0.504. The maximum atomic E-state index is 3.36. The molecule has 1 fully saturated rings. The first kappa shape index (κ1) is 17.5. The molecular formula is C12H26. The Balaban J connectivity index is -0.0000000940. The summed E-state index contributed by atoms with van der Waals surface area (Å²) >= 11 is 0. The van der Waals surface area contributed by atoms with E-state index in [1.807, 2.05) is 27.7 Å². The highest BCUT2D eigenvalue weighted by Gasteiger charge is 1.95. The quantitative estimate of drug-likeness (QED) is 0.450. The summed E-state index contributed by atoms with van der Waals surface area (Å²) in [5.41, 5.74) is 0. The fourth-order valence-electron chi connectivity index (χ4n) is 0.250. The Morgan fingerprint density at radius 1 is 0.750 bits per heavy atom. The van der Waals surface area contributed by atoms with Crippen LogP contribution in [-0.4, -0.2) is 0 Å². The molecular weight excluding hydrogens is 144 g/mol. The molecule has 0 amide bonds. The van der Waals surface area contributed by atoms with Crippen LogP contribution < -0.4 is 0 Å². The summed E-state index contributed by atoms with van der Waals surface area (Å²) in [6, 6.07) is 0. The van der Waals surface area contributed by atoms with Gasteiger partial charge in [0.2, 0.25) is 0 Å². The second kappa shape index (κ2) is 31.4. The first-order chi connectivity index (χ1) is 5.83. The molecule has 0 saturated heterocycles. The molecule has 0 radical (unpaired) electrons. The minimum atomic E-state index is 1.50. The van der Waals surface area contributed by atoms with Gasteiger partial charge in [0, 0.05) is 0 Å². The highest BCUT2D eigenvalue weighted by Crippen LogP contribution is 2.15. The van der Waals surface area contributed by atoms with Crippen molar-refractivity contribution in [3.05, 3.63) is 25.3 Å². The van der Waals surface area contributed by atoms with Crippen LogP contribution in [0.3, 0.4) is 0 Å². The topological polar surface area (TPSA) is 0 Å². The molecule has 12 heavy (non-hydrogen) atoms. The molecule has 0 heteroatoms. The molecule has 1 aliphatic rings. The Morgan fingerprint density at radius 2 is 0.833 bits per heavy atom. The minimum Gasteiger partial charge on any atom is -0.103 e. The Morgan fingerprint density at radius 3 is 0.833 bits per heavy atom. The molecule has 0 aliphatic heterocycles. The van der Waals surface area contributed by atoms with Crippen molar-refractivity contribution in [2.45, 2.75) is 53.4 Å². The van der Waals surface area contributed by atoms with Crippen LogP contribution in [-0.2, 0) is 0 Å². The van der Waals surface area contributed by atoms with Crippen LogP contribution in [0.15, 0.2) is 25.3 Å². The molecule has 0 aromatic carbocycles. The van der Waals surface area contributed by atoms with Crippen molar-refractivity contribution in [3.63, 3.8) is 0 Å². The Labute approximate surface area is 79.4 Å². The van der Waals surface area contributed by atoms with Gasteiger partial charge in [-0.25, -0.2) is 0 Å². The third kappa shape index (κ3) is 56.3. The van der Waals surface area contributed by atoms with Crippen molar-refractivity contribution in [1.29, 1.82) is 0 Å². The molecule has 1 saturated carbocycles. The van der Waals surface area contributed by atoms with Gasteiger partial charge in [0.1, 0.15) is 0 Å². The van der Waals surface area contributed by atoms with Crippen molar-refractivity contribution >= 4 is 0 Å². The van der Waals surface area contributed by atoms with E-state index in [0.29, 0.717) is 0 Å². The van der Waals surface area contributed by atoms with Crippen LogP contribution in [0.5, 0.6) is 0 Å². The van der Waals surface area contributed by atoms with Crippen LogP contribution in [0.25, 0.3) is 0 Å². The van der Waals surface area contributed by atoms with Gasteiger partial charge in [-0.2, -0.15) is 0 Å².